The number of pyridine rings is 1. The van der Waals surface area contributed by atoms with Gasteiger partial charge in [0.25, 0.3) is 0 Å². The lowest BCUT2D eigenvalue weighted by atomic mass is 10.0. The molecule has 6 heteroatoms. The molecule has 0 amide bonds. The summed E-state index contributed by atoms with van der Waals surface area (Å²) in [6.07, 6.45) is 7.22. The van der Waals surface area contributed by atoms with Crippen LogP contribution in [0.15, 0.2) is 18.5 Å². The molecule has 1 unspecified atom stereocenters. The van der Waals surface area contributed by atoms with E-state index < -0.39 is 4.92 Å². The minimum Gasteiger partial charge on any atom is -0.487 e. The zero-order valence-electron chi connectivity index (χ0n) is 10.2. The molecule has 0 saturated carbocycles. The van der Waals surface area contributed by atoms with Gasteiger partial charge in [0.05, 0.1) is 11.5 Å². The van der Waals surface area contributed by atoms with E-state index in [4.69, 9.17) is 4.74 Å². The molecular weight excluding hydrogens is 234 g/mol. The Kier molecular flexibility index (Phi) is 4.46. The highest BCUT2D eigenvalue weighted by molar-refractivity contribution is 5.42. The molecule has 2 rings (SSSR count). The Bertz CT molecular complexity index is 405. The fourth-order valence-electron chi connectivity index (χ4n) is 2.11. The van der Waals surface area contributed by atoms with Gasteiger partial charge in [-0.2, -0.15) is 0 Å². The first-order chi connectivity index (χ1) is 8.77. The molecule has 1 N–H and O–H groups in total. The highest BCUT2D eigenvalue weighted by Crippen LogP contribution is 2.24. The van der Waals surface area contributed by atoms with E-state index in [9.17, 15) is 10.1 Å². The van der Waals surface area contributed by atoms with Crippen molar-refractivity contribution in [1.82, 2.24) is 10.3 Å². The van der Waals surface area contributed by atoms with Crippen LogP contribution in [-0.4, -0.2) is 29.1 Å². The van der Waals surface area contributed by atoms with Crippen molar-refractivity contribution in [2.24, 2.45) is 0 Å². The standard InChI is InChI=1S/C12H17N3O3/c16-15(17)11-9-13-7-4-12(11)18-8-5-10-3-1-2-6-14-10/h4,7,9-10,14H,1-3,5-6,8H2. The summed E-state index contributed by atoms with van der Waals surface area (Å²) in [6.45, 7) is 1.54. The number of aromatic nitrogens is 1. The van der Waals surface area contributed by atoms with E-state index in [0.717, 1.165) is 19.4 Å². The summed E-state index contributed by atoms with van der Waals surface area (Å²) in [5, 5.41) is 14.2. The van der Waals surface area contributed by atoms with Crippen molar-refractivity contribution < 1.29 is 9.66 Å². The van der Waals surface area contributed by atoms with Gasteiger partial charge in [-0.25, -0.2) is 0 Å². The van der Waals surface area contributed by atoms with Gasteiger partial charge in [-0.05, 0) is 25.8 Å². The number of nitro groups is 1. The fourth-order valence-corrected chi connectivity index (χ4v) is 2.11. The first-order valence-electron chi connectivity index (χ1n) is 6.22. The molecule has 1 saturated heterocycles. The highest BCUT2D eigenvalue weighted by atomic mass is 16.6. The average Bonchev–Trinajstić information content (AvgIpc) is 2.40. The van der Waals surface area contributed by atoms with E-state index >= 15 is 0 Å². The zero-order valence-corrected chi connectivity index (χ0v) is 10.2. The van der Waals surface area contributed by atoms with Gasteiger partial charge >= 0.3 is 5.69 Å². The number of nitrogens with one attached hydrogen (secondary N) is 1. The Balaban J connectivity index is 1.84. The van der Waals surface area contributed by atoms with Gasteiger partial charge in [0.15, 0.2) is 5.75 Å². The van der Waals surface area contributed by atoms with Gasteiger partial charge in [0.2, 0.25) is 0 Å². The van der Waals surface area contributed by atoms with Gasteiger partial charge in [-0.3, -0.25) is 15.1 Å². The van der Waals surface area contributed by atoms with Crippen LogP contribution in [-0.2, 0) is 0 Å². The first kappa shape index (κ1) is 12.8. The first-order valence-corrected chi connectivity index (χ1v) is 6.22. The summed E-state index contributed by atoms with van der Waals surface area (Å²) in [5.74, 6) is 0.297. The lowest BCUT2D eigenvalue weighted by Gasteiger charge is -2.23. The predicted molar refractivity (Wildman–Crippen MR) is 66.6 cm³/mol. The molecular formula is C12H17N3O3. The fraction of sp³-hybridized carbons (Fsp3) is 0.583. The molecule has 1 aromatic heterocycles. The average molecular weight is 251 g/mol. The second-order valence-electron chi connectivity index (χ2n) is 4.38. The summed E-state index contributed by atoms with van der Waals surface area (Å²) < 4.78 is 5.48. The zero-order chi connectivity index (χ0) is 12.8. The van der Waals surface area contributed by atoms with Gasteiger partial charge in [-0.1, -0.05) is 6.42 Å². The summed E-state index contributed by atoms with van der Waals surface area (Å²) in [7, 11) is 0. The van der Waals surface area contributed by atoms with Crippen molar-refractivity contribution in [1.29, 1.82) is 0 Å². The monoisotopic (exact) mass is 251 g/mol. The SMILES string of the molecule is O=[N+]([O-])c1cnccc1OCCC1CCCCN1. The van der Waals surface area contributed by atoms with Crippen LogP contribution in [0.1, 0.15) is 25.7 Å². The maximum absolute atomic E-state index is 10.8. The third-order valence-electron chi connectivity index (χ3n) is 3.09. The van der Waals surface area contributed by atoms with E-state index in [-0.39, 0.29) is 5.69 Å². The molecule has 1 aliphatic heterocycles. The normalized spacial score (nSPS) is 19.4. The lowest BCUT2D eigenvalue weighted by molar-refractivity contribution is -0.386. The molecule has 1 fully saturated rings. The molecule has 6 nitrogen and oxygen atoms in total. The Morgan fingerprint density at radius 3 is 3.17 bits per heavy atom. The molecule has 1 aliphatic rings. The molecule has 0 aliphatic carbocycles. The quantitative estimate of drug-likeness (QED) is 0.638. The van der Waals surface area contributed by atoms with Crippen LogP contribution in [0.3, 0.4) is 0 Å². The molecule has 0 radical (unpaired) electrons. The lowest BCUT2D eigenvalue weighted by Crippen LogP contribution is -2.35. The van der Waals surface area contributed by atoms with Crippen molar-refractivity contribution in [3.63, 3.8) is 0 Å². The van der Waals surface area contributed by atoms with Crippen LogP contribution in [0.5, 0.6) is 5.75 Å². The summed E-state index contributed by atoms with van der Waals surface area (Å²) in [5.41, 5.74) is -0.0749. The Morgan fingerprint density at radius 1 is 1.56 bits per heavy atom. The summed E-state index contributed by atoms with van der Waals surface area (Å²) in [4.78, 5) is 14.0. The Morgan fingerprint density at radius 2 is 2.44 bits per heavy atom. The number of ether oxygens (including phenoxy) is 1. The maximum atomic E-state index is 10.8. The predicted octanol–water partition coefficient (Wildman–Crippen LogP) is 1.90. The Labute approximate surface area is 106 Å². The number of hydrogen-bond acceptors (Lipinski definition) is 5. The van der Waals surface area contributed by atoms with Gasteiger partial charge < -0.3 is 10.1 Å². The molecule has 0 aromatic carbocycles. The second-order valence-corrected chi connectivity index (χ2v) is 4.38. The van der Waals surface area contributed by atoms with E-state index in [1.165, 1.54) is 31.3 Å². The van der Waals surface area contributed by atoms with Crippen molar-refractivity contribution in [2.75, 3.05) is 13.2 Å². The largest absolute Gasteiger partial charge is 0.487 e. The van der Waals surface area contributed by atoms with E-state index in [2.05, 4.69) is 10.3 Å². The molecule has 98 valence electrons. The highest BCUT2D eigenvalue weighted by Gasteiger charge is 2.16. The van der Waals surface area contributed by atoms with Crippen LogP contribution in [0.25, 0.3) is 0 Å². The number of piperidine rings is 1. The van der Waals surface area contributed by atoms with Crippen LogP contribution in [0, 0.1) is 10.1 Å². The van der Waals surface area contributed by atoms with Gasteiger partial charge in [0.1, 0.15) is 6.20 Å². The summed E-state index contributed by atoms with van der Waals surface area (Å²) >= 11 is 0. The second kappa shape index (κ2) is 6.30. The van der Waals surface area contributed by atoms with Crippen molar-refractivity contribution in [3.05, 3.63) is 28.6 Å². The molecule has 1 aromatic rings. The summed E-state index contributed by atoms with van der Waals surface area (Å²) in [6, 6.07) is 2.01. The van der Waals surface area contributed by atoms with Crippen LogP contribution in [0.4, 0.5) is 5.69 Å². The topological polar surface area (TPSA) is 77.3 Å². The van der Waals surface area contributed by atoms with Crippen molar-refractivity contribution in [3.8, 4) is 5.75 Å². The number of nitrogens with zero attached hydrogens (tertiary/aromatic N) is 2. The molecule has 1 atom stereocenters. The minimum absolute atomic E-state index is 0.0749. The minimum atomic E-state index is -0.471. The molecule has 0 bridgehead atoms. The third-order valence-corrected chi connectivity index (χ3v) is 3.09. The van der Waals surface area contributed by atoms with Gasteiger partial charge in [-0.15, -0.1) is 0 Å². The number of rotatable bonds is 5. The van der Waals surface area contributed by atoms with Crippen LogP contribution in [0.2, 0.25) is 0 Å². The van der Waals surface area contributed by atoms with Crippen LogP contribution >= 0.6 is 0 Å². The van der Waals surface area contributed by atoms with Crippen molar-refractivity contribution >= 4 is 5.69 Å². The third kappa shape index (κ3) is 3.40. The molecule has 18 heavy (non-hydrogen) atoms. The van der Waals surface area contributed by atoms with Gasteiger partial charge in [0, 0.05) is 18.3 Å². The van der Waals surface area contributed by atoms with E-state index in [1.54, 1.807) is 0 Å². The smallest absolute Gasteiger partial charge is 0.329 e. The van der Waals surface area contributed by atoms with E-state index in [0.29, 0.717) is 18.4 Å². The molecule has 2 heterocycles. The Hall–Kier alpha value is -1.69. The van der Waals surface area contributed by atoms with E-state index in [1.807, 2.05) is 0 Å². The number of hydrogen-bond donors (Lipinski definition) is 1. The van der Waals surface area contributed by atoms with Crippen molar-refractivity contribution in [2.45, 2.75) is 31.7 Å². The molecule has 0 spiro atoms. The maximum Gasteiger partial charge on any atom is 0.329 e. The van der Waals surface area contributed by atoms with Crippen LogP contribution < -0.4 is 10.1 Å².